The molecule has 33 heavy (non-hydrogen) atoms. The van der Waals surface area contributed by atoms with Crippen LogP contribution in [-0.4, -0.2) is 0 Å². The largest absolute Gasteiger partial charge is 0.343 e. The van der Waals surface area contributed by atoms with Crippen LogP contribution < -0.4 is 0 Å². The molecule has 0 aliphatic rings. The molecule has 0 unspecified atom stereocenters. The van der Waals surface area contributed by atoms with Crippen molar-refractivity contribution in [3.8, 4) is 0 Å². The van der Waals surface area contributed by atoms with Crippen molar-refractivity contribution in [1.29, 1.82) is 0 Å². The average molecular weight is 1540 g/mol. The maximum absolute atomic E-state index is 3.76. The Morgan fingerprint density at radius 2 is 0.485 bits per heavy atom. The van der Waals surface area contributed by atoms with Crippen molar-refractivity contribution >= 4 is 0 Å². The second-order valence-electron chi connectivity index (χ2n) is 8.62. The third-order valence-corrected chi connectivity index (χ3v) is 1.50. The van der Waals surface area contributed by atoms with Crippen molar-refractivity contribution in [2.75, 3.05) is 0 Å². The maximum atomic E-state index is 3.76. The molecular formula is C24H60U2WY6-4. The third-order valence-electron chi connectivity index (χ3n) is 1.50. The van der Waals surface area contributed by atoms with Crippen molar-refractivity contribution in [2.24, 2.45) is 10.8 Å². The van der Waals surface area contributed by atoms with Gasteiger partial charge in [-0.2, -0.15) is 54.4 Å². The van der Waals surface area contributed by atoms with Crippen LogP contribution in [0.4, 0.5) is 0 Å². The quantitative estimate of drug-likeness (QED) is 0.212. The second kappa shape index (κ2) is 78.2. The van der Waals surface area contributed by atoms with E-state index in [1.54, 1.807) is 0 Å². The van der Waals surface area contributed by atoms with Gasteiger partial charge in [-0.3, -0.25) is 0 Å². The molecule has 9 heteroatoms. The van der Waals surface area contributed by atoms with E-state index in [-0.39, 0.29) is 309 Å². The first-order chi connectivity index (χ1) is 8.59. The summed E-state index contributed by atoms with van der Waals surface area (Å²) in [7, 11) is 0. The van der Waals surface area contributed by atoms with Gasteiger partial charge in [-0.1, -0.05) is 82.1 Å². The Hall–Kier alpha value is 9.42. The van der Waals surface area contributed by atoms with Gasteiger partial charge < -0.3 is 25.7 Å². The molecule has 0 rings (SSSR count). The van der Waals surface area contributed by atoms with Gasteiger partial charge in [0.15, 0.2) is 0 Å². The molecule has 0 aromatic rings. The van der Waals surface area contributed by atoms with Crippen LogP contribution in [0.3, 0.4) is 0 Å². The molecule has 0 atom stereocenters. The minimum Gasteiger partial charge on any atom is -0.343 e. The molecule has 0 spiro atoms. The molecule has 0 aromatic heterocycles. The topological polar surface area (TPSA) is 0 Å². The first-order valence-electron chi connectivity index (χ1n) is 7.71. The normalized spacial score (nSPS) is 6.55. The molecule has 0 bridgehead atoms. The molecule has 192 valence electrons. The van der Waals surface area contributed by atoms with E-state index in [4.69, 9.17) is 0 Å². The first-order valence-corrected chi connectivity index (χ1v) is 7.71. The van der Waals surface area contributed by atoms with Crippen LogP contribution >= 0.6 is 0 Å². The van der Waals surface area contributed by atoms with E-state index in [0.29, 0.717) is 10.8 Å². The van der Waals surface area contributed by atoms with Gasteiger partial charge in [0.05, 0.1) is 0 Å². The smallest absolute Gasteiger partial charge is 0 e. The van der Waals surface area contributed by atoms with E-state index >= 15 is 0 Å². The van der Waals surface area contributed by atoms with Crippen molar-refractivity contribution in [1.82, 2.24) is 0 Å². The molecule has 0 saturated heterocycles. The monoisotopic (exact) mass is 1540 g/mol. The molecule has 0 saturated carbocycles. The minimum atomic E-state index is 0. The van der Waals surface area contributed by atoms with Gasteiger partial charge in [-0.25, -0.2) is 0 Å². The maximum Gasteiger partial charge on any atom is 0 e. The van der Waals surface area contributed by atoms with E-state index in [9.17, 15) is 0 Å². The molecule has 0 N–H and O–H groups in total. The Morgan fingerprint density at radius 3 is 0.485 bits per heavy atom. The van der Waals surface area contributed by atoms with Crippen molar-refractivity contribution in [2.45, 2.75) is 126 Å². The van der Waals surface area contributed by atoms with Gasteiger partial charge in [0.25, 0.3) is 0 Å². The van der Waals surface area contributed by atoms with Crippen molar-refractivity contribution < 1.29 is 280 Å². The molecule has 6 radical (unpaired) electrons. The molecular weight excluding hydrogens is 1480 g/mol. The first kappa shape index (κ1) is 113. The summed E-state index contributed by atoms with van der Waals surface area (Å²) in [4.78, 5) is 0. The van der Waals surface area contributed by atoms with Gasteiger partial charge in [-0.15, -0.1) is 0 Å². The minimum absolute atomic E-state index is 0. The summed E-state index contributed by atoms with van der Waals surface area (Å²) in [6.45, 7) is 33.1. The van der Waals surface area contributed by atoms with E-state index in [2.05, 4.69) is 96.9 Å². The van der Waals surface area contributed by atoms with Gasteiger partial charge >= 0.3 is 0 Å². The summed E-state index contributed by atoms with van der Waals surface area (Å²) in [5, 5.41) is 0. The standard InChI is InChI=1S/2C6H13.2C4H9.4CH4.2U.W.6Y/c2*1-5-6(2,3)4;2*1-4(2)3;;;;;;;;;;;;;/h2*1,5H2,2-4H3;2*1-3H3;4*1H4;;;;;;;;;/q4*-1;;;;;;;;;;;;;. The zero-order valence-corrected chi connectivity index (χ0v) is 50.0. The number of hydrogen-bond acceptors (Lipinski definition) is 0. The summed E-state index contributed by atoms with van der Waals surface area (Å²) < 4.78 is 0. The molecule has 0 aliphatic carbocycles. The Bertz CT molecular complexity index is 163. The fourth-order valence-corrected chi connectivity index (χ4v) is 0. The van der Waals surface area contributed by atoms with Crippen LogP contribution in [0, 0.1) is 98.7 Å². The van der Waals surface area contributed by atoms with Gasteiger partial charge in [0.1, 0.15) is 0 Å². The van der Waals surface area contributed by atoms with Crippen molar-refractivity contribution in [3.05, 3.63) is 25.7 Å². The molecule has 0 aliphatic heterocycles. The van der Waals surface area contributed by atoms with Crippen LogP contribution in [0.1, 0.15) is 126 Å². The van der Waals surface area contributed by atoms with Crippen LogP contribution in [0.25, 0.3) is 0 Å². The molecule has 0 fully saturated rings. The molecule has 0 aromatic carbocycles. The SMILES string of the molecule is C.C.C.C.C[C-](C)C.C[C-](C)C.[CH2-]CC(C)(C)C.[CH2-]CC(C)(C)C.[U].[U].[W].[Y].[Y].[Y].[Y].[Y].[Y]. The molecule has 0 heterocycles. The molecule has 0 amide bonds. The van der Waals surface area contributed by atoms with E-state index < -0.39 is 0 Å². The Kier molecular flexibility index (Phi) is 267. The van der Waals surface area contributed by atoms with Gasteiger partial charge in [0.2, 0.25) is 0 Å². The fourth-order valence-electron chi connectivity index (χ4n) is 0. The second-order valence-corrected chi connectivity index (χ2v) is 8.62. The Morgan fingerprint density at radius 1 is 0.455 bits per heavy atom. The summed E-state index contributed by atoms with van der Waals surface area (Å²) in [5.41, 5.74) is 0.861. The van der Waals surface area contributed by atoms with Gasteiger partial charge in [0, 0.05) is 280 Å². The van der Waals surface area contributed by atoms with Gasteiger partial charge in [-0.05, 0) is 0 Å². The van der Waals surface area contributed by atoms with Crippen LogP contribution in [0.5, 0.6) is 0 Å². The zero-order valence-electron chi connectivity index (χ0n) is 21.7. The summed E-state index contributed by atoms with van der Waals surface area (Å²) in [6.07, 6.45) is 2.04. The summed E-state index contributed by atoms with van der Waals surface area (Å²) in [6, 6.07) is 0. The summed E-state index contributed by atoms with van der Waals surface area (Å²) >= 11 is 0. The van der Waals surface area contributed by atoms with E-state index in [1.165, 1.54) is 11.8 Å². The number of rotatable bonds is 0. The zero-order chi connectivity index (χ0) is 17.6. The fraction of sp³-hybridized carbons (Fsp3) is 0.833. The predicted octanol–water partition coefficient (Wildman–Crippen LogP) is 10.3. The van der Waals surface area contributed by atoms with Crippen molar-refractivity contribution in [3.63, 3.8) is 0 Å². The number of hydrogen-bond donors (Lipinski definition) is 0. The Labute approximate surface area is 431 Å². The van der Waals surface area contributed by atoms with Crippen LogP contribution in [-0.2, 0) is 217 Å². The van der Waals surface area contributed by atoms with Crippen LogP contribution in [0.2, 0.25) is 0 Å². The van der Waals surface area contributed by atoms with E-state index in [0.717, 1.165) is 12.8 Å². The van der Waals surface area contributed by atoms with E-state index in [1.807, 2.05) is 0 Å². The van der Waals surface area contributed by atoms with Crippen LogP contribution in [0.15, 0.2) is 0 Å². The average Bonchev–Trinajstić information content (AvgIpc) is 2.14. The third kappa shape index (κ3) is 271. The predicted molar refractivity (Wildman–Crippen MR) is 126 cm³/mol. The Balaban J connectivity index is -0.00000000616. The summed E-state index contributed by atoms with van der Waals surface area (Å²) in [5.74, 6) is 2.83. The molecule has 0 nitrogen and oxygen atoms in total.